The van der Waals surface area contributed by atoms with Gasteiger partial charge in [-0.05, 0) is 53.8 Å². The van der Waals surface area contributed by atoms with Crippen LogP contribution in [0.2, 0.25) is 0 Å². The lowest BCUT2D eigenvalue weighted by molar-refractivity contribution is 0.0573. The molecule has 2 N–H and O–H groups in total. The minimum atomic E-state index is -0.252. The molecule has 1 aliphatic rings. The first-order valence-electron chi connectivity index (χ1n) is 7.33. The molecule has 0 radical (unpaired) electrons. The summed E-state index contributed by atoms with van der Waals surface area (Å²) in [6.07, 6.45) is 1.59. The van der Waals surface area contributed by atoms with Crippen molar-refractivity contribution in [3.8, 4) is 6.07 Å². The summed E-state index contributed by atoms with van der Waals surface area (Å²) in [6, 6.07) is 14.0. The fraction of sp³-hybridized carbons (Fsp3) is 0.278. The summed E-state index contributed by atoms with van der Waals surface area (Å²) >= 11 is 0. The van der Waals surface area contributed by atoms with Crippen LogP contribution in [-0.2, 0) is 11.3 Å². The number of nitriles is 1. The zero-order valence-electron chi connectivity index (χ0n) is 12.1. The van der Waals surface area contributed by atoms with Crippen LogP contribution >= 0.6 is 0 Å². The molecule has 1 aliphatic heterocycles. The van der Waals surface area contributed by atoms with Gasteiger partial charge in [-0.3, -0.25) is 0 Å². The normalized spacial score (nSPS) is 17.8. The lowest BCUT2D eigenvalue weighted by atomic mass is 9.96. The number of benzene rings is 2. The van der Waals surface area contributed by atoms with Crippen molar-refractivity contribution in [2.45, 2.75) is 31.6 Å². The van der Waals surface area contributed by atoms with E-state index in [0.717, 1.165) is 29.5 Å². The number of rotatable bonds is 4. The van der Waals surface area contributed by atoms with Gasteiger partial charge in [0.2, 0.25) is 0 Å². The predicted molar refractivity (Wildman–Crippen MR) is 81.2 cm³/mol. The second-order valence-corrected chi connectivity index (χ2v) is 5.56. The molecule has 0 saturated carbocycles. The van der Waals surface area contributed by atoms with Crippen molar-refractivity contribution < 1.29 is 9.13 Å². The van der Waals surface area contributed by atoms with Crippen LogP contribution in [0.5, 0.6) is 0 Å². The van der Waals surface area contributed by atoms with Gasteiger partial charge in [0.05, 0.1) is 24.3 Å². The first-order valence-corrected chi connectivity index (χ1v) is 7.33. The van der Waals surface area contributed by atoms with Gasteiger partial charge in [0.15, 0.2) is 0 Å². The smallest absolute Gasteiger partial charge is 0.123 e. The Bertz CT molecular complexity index is 706. The van der Waals surface area contributed by atoms with E-state index in [9.17, 15) is 4.39 Å². The van der Waals surface area contributed by atoms with Gasteiger partial charge in [-0.25, -0.2) is 4.39 Å². The Labute approximate surface area is 129 Å². The van der Waals surface area contributed by atoms with Gasteiger partial charge in [-0.1, -0.05) is 18.2 Å². The molecule has 2 aromatic rings. The Morgan fingerprint density at radius 2 is 2.05 bits per heavy atom. The van der Waals surface area contributed by atoms with Gasteiger partial charge in [-0.15, -0.1) is 0 Å². The zero-order chi connectivity index (χ0) is 15.5. The van der Waals surface area contributed by atoms with Crippen molar-refractivity contribution in [3.63, 3.8) is 0 Å². The highest BCUT2D eigenvalue weighted by Gasteiger charge is 2.24. The van der Waals surface area contributed by atoms with E-state index in [2.05, 4.69) is 6.07 Å². The Kier molecular flexibility index (Phi) is 4.19. The van der Waals surface area contributed by atoms with Crippen molar-refractivity contribution in [3.05, 3.63) is 70.5 Å². The lowest BCUT2D eigenvalue weighted by Crippen LogP contribution is -2.12. The van der Waals surface area contributed by atoms with E-state index < -0.39 is 0 Å². The molecule has 0 saturated heterocycles. The van der Waals surface area contributed by atoms with Crippen LogP contribution in [0.3, 0.4) is 0 Å². The van der Waals surface area contributed by atoms with E-state index in [1.54, 1.807) is 12.1 Å². The molecule has 0 aromatic heterocycles. The SMILES string of the molecule is N#Cc1ccc2c(c1)COC2CCC(N)c1ccc(F)cc1. The number of hydrogen-bond donors (Lipinski definition) is 1. The van der Waals surface area contributed by atoms with Crippen LogP contribution in [0, 0.1) is 17.1 Å². The molecule has 3 rings (SSSR count). The number of ether oxygens (including phenoxy) is 1. The van der Waals surface area contributed by atoms with Crippen molar-refractivity contribution in [2.24, 2.45) is 5.73 Å². The fourth-order valence-electron chi connectivity index (χ4n) is 2.84. The molecule has 2 atom stereocenters. The van der Waals surface area contributed by atoms with Crippen molar-refractivity contribution >= 4 is 0 Å². The van der Waals surface area contributed by atoms with Crippen LogP contribution in [-0.4, -0.2) is 0 Å². The zero-order valence-corrected chi connectivity index (χ0v) is 12.1. The standard InChI is InChI=1S/C18H17FN2O/c19-15-4-2-13(3-5-15)17(21)7-8-18-16-6-1-12(10-20)9-14(16)11-22-18/h1-6,9,17-18H,7-8,11,21H2. The van der Waals surface area contributed by atoms with E-state index >= 15 is 0 Å². The predicted octanol–water partition coefficient (Wildman–Crippen LogP) is 3.75. The van der Waals surface area contributed by atoms with Crippen LogP contribution in [0.1, 0.15) is 47.2 Å². The average Bonchev–Trinajstić information content (AvgIpc) is 2.95. The molecule has 0 spiro atoms. The van der Waals surface area contributed by atoms with E-state index in [1.807, 2.05) is 18.2 Å². The minimum absolute atomic E-state index is 0.0224. The Hall–Kier alpha value is -2.22. The molecule has 0 amide bonds. The van der Waals surface area contributed by atoms with Crippen LogP contribution in [0.25, 0.3) is 0 Å². The van der Waals surface area contributed by atoms with Crippen LogP contribution < -0.4 is 5.73 Å². The van der Waals surface area contributed by atoms with Gasteiger partial charge < -0.3 is 10.5 Å². The second-order valence-electron chi connectivity index (χ2n) is 5.56. The lowest BCUT2D eigenvalue weighted by Gasteiger charge is -2.16. The van der Waals surface area contributed by atoms with Crippen molar-refractivity contribution in [1.29, 1.82) is 5.26 Å². The van der Waals surface area contributed by atoms with Gasteiger partial charge >= 0.3 is 0 Å². The van der Waals surface area contributed by atoms with Crippen molar-refractivity contribution in [1.82, 2.24) is 0 Å². The summed E-state index contributed by atoms with van der Waals surface area (Å²) in [5.74, 6) is -0.252. The van der Waals surface area contributed by atoms with Crippen molar-refractivity contribution in [2.75, 3.05) is 0 Å². The van der Waals surface area contributed by atoms with Gasteiger partial charge in [0.1, 0.15) is 5.82 Å². The van der Waals surface area contributed by atoms with E-state index in [-0.39, 0.29) is 18.0 Å². The molecule has 4 heteroatoms. The van der Waals surface area contributed by atoms with Gasteiger partial charge in [-0.2, -0.15) is 5.26 Å². The number of fused-ring (bicyclic) bond motifs is 1. The Morgan fingerprint density at radius 1 is 1.27 bits per heavy atom. The molecular weight excluding hydrogens is 279 g/mol. The molecule has 0 fully saturated rings. The van der Waals surface area contributed by atoms with Crippen LogP contribution in [0.4, 0.5) is 4.39 Å². The highest BCUT2D eigenvalue weighted by Crippen LogP contribution is 2.35. The number of nitrogens with zero attached hydrogens (tertiary/aromatic N) is 1. The molecule has 2 unspecified atom stereocenters. The highest BCUT2D eigenvalue weighted by atomic mass is 19.1. The number of halogens is 1. The minimum Gasteiger partial charge on any atom is -0.369 e. The maximum absolute atomic E-state index is 12.9. The Morgan fingerprint density at radius 3 is 2.77 bits per heavy atom. The molecule has 3 nitrogen and oxygen atoms in total. The summed E-state index contributed by atoms with van der Waals surface area (Å²) in [6.45, 7) is 0.543. The quantitative estimate of drug-likeness (QED) is 0.934. The monoisotopic (exact) mass is 296 g/mol. The third kappa shape index (κ3) is 3.01. The van der Waals surface area contributed by atoms with E-state index in [0.29, 0.717) is 12.2 Å². The summed E-state index contributed by atoms with van der Waals surface area (Å²) < 4.78 is 18.7. The molecule has 1 heterocycles. The molecule has 22 heavy (non-hydrogen) atoms. The first kappa shape index (κ1) is 14.7. The maximum atomic E-state index is 12.9. The molecule has 0 bridgehead atoms. The number of nitrogens with two attached hydrogens (primary N) is 1. The topological polar surface area (TPSA) is 59.0 Å². The Balaban J connectivity index is 1.64. The van der Waals surface area contributed by atoms with Gasteiger partial charge in [0, 0.05) is 6.04 Å². The molecule has 0 aliphatic carbocycles. The first-order chi connectivity index (χ1) is 10.7. The second kappa shape index (κ2) is 6.27. The number of hydrogen-bond acceptors (Lipinski definition) is 3. The average molecular weight is 296 g/mol. The summed E-state index contributed by atoms with van der Waals surface area (Å²) in [5.41, 5.74) is 9.98. The molecular formula is C18H17FN2O. The third-order valence-corrected chi connectivity index (χ3v) is 4.10. The maximum Gasteiger partial charge on any atom is 0.123 e. The largest absolute Gasteiger partial charge is 0.369 e. The summed E-state index contributed by atoms with van der Waals surface area (Å²) in [4.78, 5) is 0. The van der Waals surface area contributed by atoms with E-state index in [1.165, 1.54) is 12.1 Å². The molecule has 2 aromatic carbocycles. The van der Waals surface area contributed by atoms with E-state index in [4.69, 9.17) is 15.7 Å². The van der Waals surface area contributed by atoms with Gasteiger partial charge in [0.25, 0.3) is 0 Å². The third-order valence-electron chi connectivity index (χ3n) is 4.10. The summed E-state index contributed by atoms with van der Waals surface area (Å²) in [7, 11) is 0. The molecule has 112 valence electrons. The fourth-order valence-corrected chi connectivity index (χ4v) is 2.84. The highest BCUT2D eigenvalue weighted by molar-refractivity contribution is 5.40. The van der Waals surface area contributed by atoms with Crippen LogP contribution in [0.15, 0.2) is 42.5 Å². The summed E-state index contributed by atoms with van der Waals surface area (Å²) in [5, 5.41) is 8.92.